The third-order valence-electron chi connectivity index (χ3n) is 6.76. The maximum atomic E-state index is 13.6. The van der Waals surface area contributed by atoms with Crippen molar-refractivity contribution in [3.63, 3.8) is 0 Å². The highest BCUT2D eigenvalue weighted by Gasteiger charge is 2.36. The quantitative estimate of drug-likeness (QED) is 0.358. The molecule has 33 heavy (non-hydrogen) atoms. The number of halogens is 1. The van der Waals surface area contributed by atoms with E-state index in [0.717, 1.165) is 39.2 Å². The zero-order chi connectivity index (χ0) is 22.4. The Morgan fingerprint density at radius 1 is 0.727 bits per heavy atom. The first kappa shape index (κ1) is 19.7. The van der Waals surface area contributed by atoms with Gasteiger partial charge in [0.05, 0.1) is 17.4 Å². The molecule has 2 unspecified atom stereocenters. The van der Waals surface area contributed by atoms with Crippen LogP contribution in [0, 0.1) is 5.82 Å². The lowest BCUT2D eigenvalue weighted by Crippen LogP contribution is -2.26. The molecule has 2 aliphatic rings. The molecule has 2 N–H and O–H groups in total. The van der Waals surface area contributed by atoms with Crippen LogP contribution in [0.1, 0.15) is 35.9 Å². The smallest absolute Gasteiger partial charge is 0.163 e. The van der Waals surface area contributed by atoms with Gasteiger partial charge in [-0.1, -0.05) is 60.7 Å². The first-order chi connectivity index (χ1) is 16.2. The predicted octanol–water partition coefficient (Wildman–Crippen LogP) is 6.96. The summed E-state index contributed by atoms with van der Waals surface area (Å²) in [5.74, 6) is -0.119. The highest BCUT2D eigenvalue weighted by molar-refractivity contribution is 6.01. The molecule has 0 fully saturated rings. The Bertz CT molecular complexity index is 1410. The van der Waals surface area contributed by atoms with Crippen LogP contribution in [0.15, 0.2) is 102 Å². The van der Waals surface area contributed by atoms with Gasteiger partial charge >= 0.3 is 0 Å². The fourth-order valence-electron chi connectivity index (χ4n) is 5.10. The zero-order valence-electron chi connectivity index (χ0n) is 18.0. The van der Waals surface area contributed by atoms with Gasteiger partial charge in [0.1, 0.15) is 5.82 Å². The van der Waals surface area contributed by atoms with Crippen molar-refractivity contribution in [3.05, 3.63) is 119 Å². The molecule has 0 bridgehead atoms. The van der Waals surface area contributed by atoms with Gasteiger partial charge in [0.25, 0.3) is 0 Å². The zero-order valence-corrected chi connectivity index (χ0v) is 18.0. The average Bonchev–Trinajstić information content (AvgIpc) is 3.01. The second-order valence-corrected chi connectivity index (χ2v) is 8.83. The number of anilines is 2. The number of ketones is 1. The molecule has 162 valence electrons. The Balaban J connectivity index is 1.47. The van der Waals surface area contributed by atoms with E-state index in [0.29, 0.717) is 12.8 Å². The molecule has 6 rings (SSSR count). The van der Waals surface area contributed by atoms with Gasteiger partial charge in [0.15, 0.2) is 5.78 Å². The van der Waals surface area contributed by atoms with Crippen molar-refractivity contribution < 1.29 is 9.18 Å². The van der Waals surface area contributed by atoms with E-state index in [1.54, 1.807) is 12.1 Å². The molecule has 1 heterocycles. The van der Waals surface area contributed by atoms with Crippen LogP contribution in [-0.4, -0.2) is 5.78 Å². The molecule has 3 nitrogen and oxygen atoms in total. The monoisotopic (exact) mass is 434 g/mol. The van der Waals surface area contributed by atoms with Crippen molar-refractivity contribution in [2.75, 3.05) is 10.6 Å². The minimum absolute atomic E-state index is 0.0202. The van der Waals surface area contributed by atoms with Crippen LogP contribution in [0.4, 0.5) is 15.8 Å². The van der Waals surface area contributed by atoms with Crippen LogP contribution >= 0.6 is 0 Å². The number of Topliss-reactive ketones (excluding diaryl/α,β-unsaturated/α-hetero) is 1. The van der Waals surface area contributed by atoms with E-state index in [-0.39, 0.29) is 23.6 Å². The fourth-order valence-corrected chi connectivity index (χ4v) is 5.10. The topological polar surface area (TPSA) is 41.1 Å². The third-order valence-corrected chi connectivity index (χ3v) is 6.76. The number of carbonyl (C=O) groups excluding carboxylic acids is 1. The Kier molecular flexibility index (Phi) is 4.72. The number of fused-ring (bicyclic) bond motifs is 2. The molecule has 1 aliphatic heterocycles. The van der Waals surface area contributed by atoms with Gasteiger partial charge in [-0.05, 0) is 64.6 Å². The lowest BCUT2D eigenvalue weighted by Gasteiger charge is -2.30. The van der Waals surface area contributed by atoms with E-state index >= 15 is 0 Å². The first-order valence-corrected chi connectivity index (χ1v) is 11.3. The largest absolute Gasteiger partial charge is 0.372 e. The maximum absolute atomic E-state index is 13.6. The highest BCUT2D eigenvalue weighted by atomic mass is 19.1. The lowest BCUT2D eigenvalue weighted by atomic mass is 9.78. The van der Waals surface area contributed by atoms with E-state index in [9.17, 15) is 9.18 Å². The van der Waals surface area contributed by atoms with Crippen LogP contribution in [0.2, 0.25) is 0 Å². The van der Waals surface area contributed by atoms with Gasteiger partial charge in [-0.3, -0.25) is 4.79 Å². The van der Waals surface area contributed by atoms with Gasteiger partial charge in [0, 0.05) is 17.7 Å². The van der Waals surface area contributed by atoms with Gasteiger partial charge < -0.3 is 10.6 Å². The van der Waals surface area contributed by atoms with Crippen LogP contribution < -0.4 is 10.6 Å². The molecule has 0 saturated carbocycles. The number of rotatable bonds is 2. The normalized spacial score (nSPS) is 19.8. The minimum Gasteiger partial charge on any atom is -0.372 e. The molecule has 0 amide bonds. The fraction of sp³-hybridized carbons (Fsp3) is 0.138. The van der Waals surface area contributed by atoms with Gasteiger partial charge in [-0.15, -0.1) is 0 Å². The molecule has 0 saturated heterocycles. The first-order valence-electron chi connectivity index (χ1n) is 11.3. The highest BCUT2D eigenvalue weighted by Crippen LogP contribution is 2.44. The molecule has 4 aromatic rings. The summed E-state index contributed by atoms with van der Waals surface area (Å²) in [4.78, 5) is 13.6. The predicted molar refractivity (Wildman–Crippen MR) is 131 cm³/mol. The van der Waals surface area contributed by atoms with Crippen LogP contribution in [0.5, 0.6) is 0 Å². The summed E-state index contributed by atoms with van der Waals surface area (Å²) in [6, 6.07) is 29.0. The summed E-state index contributed by atoms with van der Waals surface area (Å²) in [5.41, 5.74) is 5.71. The van der Waals surface area contributed by atoms with E-state index in [4.69, 9.17) is 0 Å². The number of carbonyl (C=O) groups is 1. The van der Waals surface area contributed by atoms with Crippen molar-refractivity contribution in [1.82, 2.24) is 0 Å². The second-order valence-electron chi connectivity index (χ2n) is 8.83. The van der Waals surface area contributed by atoms with Gasteiger partial charge in [0.2, 0.25) is 0 Å². The summed E-state index contributed by atoms with van der Waals surface area (Å²) in [6.45, 7) is 0. The minimum atomic E-state index is -0.261. The Labute approximate surface area is 192 Å². The van der Waals surface area contributed by atoms with E-state index in [1.807, 2.05) is 36.4 Å². The van der Waals surface area contributed by atoms with Crippen molar-refractivity contribution in [3.8, 4) is 0 Å². The van der Waals surface area contributed by atoms with Crippen LogP contribution in [-0.2, 0) is 4.79 Å². The number of para-hydroxylation sites is 2. The average molecular weight is 435 g/mol. The third kappa shape index (κ3) is 3.58. The number of hydrogen-bond donors (Lipinski definition) is 2. The van der Waals surface area contributed by atoms with E-state index in [2.05, 4.69) is 41.0 Å². The summed E-state index contributed by atoms with van der Waals surface area (Å²) in [7, 11) is 0. The summed E-state index contributed by atoms with van der Waals surface area (Å²) < 4.78 is 13.5. The van der Waals surface area contributed by atoms with Crippen molar-refractivity contribution in [2.24, 2.45) is 0 Å². The van der Waals surface area contributed by atoms with Crippen molar-refractivity contribution in [1.29, 1.82) is 0 Å². The molecule has 0 spiro atoms. The van der Waals surface area contributed by atoms with E-state index in [1.165, 1.54) is 17.5 Å². The van der Waals surface area contributed by atoms with Crippen LogP contribution in [0.3, 0.4) is 0 Å². The number of benzene rings is 4. The molecule has 4 aromatic carbocycles. The summed E-state index contributed by atoms with van der Waals surface area (Å²) >= 11 is 0. The SMILES string of the molecule is O=C1CC(c2ccc(F)cc2)CC2=C1C(c1ccc3ccccc3c1)Nc1ccccc1N2. The van der Waals surface area contributed by atoms with Crippen LogP contribution in [0.25, 0.3) is 10.8 Å². The summed E-state index contributed by atoms with van der Waals surface area (Å²) in [5, 5.41) is 9.53. The van der Waals surface area contributed by atoms with Crippen molar-refractivity contribution in [2.45, 2.75) is 24.8 Å². The van der Waals surface area contributed by atoms with Gasteiger partial charge in [-0.2, -0.15) is 0 Å². The Hall–Kier alpha value is -3.92. The van der Waals surface area contributed by atoms with Gasteiger partial charge in [-0.25, -0.2) is 4.39 Å². The standard InChI is InChI=1S/C29H23FN2O/c30-23-13-11-19(12-14-23)22-16-26-28(27(33)17-22)29(32-25-8-4-3-7-24(25)31-26)21-10-9-18-5-1-2-6-20(18)15-21/h1-15,22,29,31-32H,16-17H2. The molecule has 4 heteroatoms. The molecular weight excluding hydrogens is 411 g/mol. The Morgan fingerprint density at radius 2 is 1.42 bits per heavy atom. The maximum Gasteiger partial charge on any atom is 0.163 e. The van der Waals surface area contributed by atoms with Crippen molar-refractivity contribution >= 4 is 27.9 Å². The lowest BCUT2D eigenvalue weighted by molar-refractivity contribution is -0.116. The number of allylic oxidation sites excluding steroid dienone is 1. The number of nitrogens with one attached hydrogen (secondary N) is 2. The molecular formula is C29H23FN2O. The van der Waals surface area contributed by atoms with E-state index < -0.39 is 0 Å². The molecule has 2 atom stereocenters. The number of hydrogen-bond acceptors (Lipinski definition) is 3. The summed E-state index contributed by atoms with van der Waals surface area (Å²) in [6.07, 6.45) is 1.11. The second kappa shape index (κ2) is 7.89. The molecule has 1 aliphatic carbocycles. The molecule has 0 aromatic heterocycles. The Morgan fingerprint density at radius 3 is 2.24 bits per heavy atom. The molecule has 0 radical (unpaired) electrons.